The number of thioether (sulfide) groups is 1. The van der Waals surface area contributed by atoms with Crippen molar-refractivity contribution in [2.45, 2.75) is 65.7 Å². The van der Waals surface area contributed by atoms with E-state index in [1.807, 2.05) is 0 Å². The molecule has 0 unspecified atom stereocenters. The number of hydrogen-bond acceptors (Lipinski definition) is 4. The van der Waals surface area contributed by atoms with Crippen molar-refractivity contribution in [2.75, 3.05) is 13.2 Å². The Kier molecular flexibility index (Phi) is 10.8. The molecule has 26 heteroatoms. The third kappa shape index (κ3) is 6.24. The van der Waals surface area contributed by atoms with Gasteiger partial charge in [-0.2, -0.15) is 92.2 Å². The van der Waals surface area contributed by atoms with Crippen molar-refractivity contribution in [1.82, 2.24) is 5.32 Å². The molecule has 0 aromatic carbocycles. The molecule has 0 aliphatic rings. The van der Waals surface area contributed by atoms with Crippen LogP contribution in [0.1, 0.15) is 6.92 Å². The van der Waals surface area contributed by atoms with E-state index in [0.29, 0.717) is 0 Å². The first-order valence-corrected chi connectivity index (χ1v) is 10.6. The fraction of sp³-hybridized carbons (Fsp3) is 0.765. The molecule has 43 heavy (non-hydrogen) atoms. The first-order chi connectivity index (χ1) is 18.5. The largest absolute Gasteiger partial charge is 0.460 e. The number of hydrogen-bond donors (Lipinski definition) is 1. The van der Waals surface area contributed by atoms with Crippen LogP contribution < -0.4 is 5.32 Å². The molecule has 0 fully saturated rings. The van der Waals surface area contributed by atoms with Crippen molar-refractivity contribution in [3.8, 4) is 0 Å². The van der Waals surface area contributed by atoms with Crippen LogP contribution in [-0.2, 0) is 9.53 Å². The smallest absolute Gasteiger partial charge is 0.460 e. The lowest BCUT2D eigenvalue weighted by molar-refractivity contribution is -0.472. The molecule has 4 nitrogen and oxygen atoms in total. The summed E-state index contributed by atoms with van der Waals surface area (Å²) in [4.78, 5) is 22.3. The normalized spacial score (nSPS) is 15.3. The van der Waals surface area contributed by atoms with Crippen LogP contribution >= 0.6 is 11.8 Å². The van der Waals surface area contributed by atoms with E-state index in [-0.39, 0.29) is 5.57 Å². The number of esters is 1. The molecule has 0 radical (unpaired) electrons. The van der Waals surface area contributed by atoms with E-state index in [0.717, 1.165) is 12.2 Å². The Labute approximate surface area is 226 Å². The molecule has 1 N–H and O–H groups in total. The van der Waals surface area contributed by atoms with E-state index >= 15 is 0 Å². The van der Waals surface area contributed by atoms with Crippen molar-refractivity contribution in [2.24, 2.45) is 0 Å². The van der Waals surface area contributed by atoms with Crippen LogP contribution in [-0.4, -0.2) is 83.2 Å². The number of alkyl halides is 21. The molecule has 1 amide bonds. The molecule has 0 saturated carbocycles. The maximum atomic E-state index is 13.8. The van der Waals surface area contributed by atoms with Gasteiger partial charge in [-0.25, -0.2) is 4.79 Å². The van der Waals surface area contributed by atoms with Crippen LogP contribution in [0, 0.1) is 0 Å². The van der Waals surface area contributed by atoms with Gasteiger partial charge >= 0.3 is 64.8 Å². The van der Waals surface area contributed by atoms with Crippen LogP contribution in [0.3, 0.4) is 0 Å². The maximum Gasteiger partial charge on any atom is 0.460 e. The standard InChI is InChI=1S/C17H10F21NO3S/c1-5(2)6(40)42-4-3-39-7(41)43-17(37,38)15(32,33)13(28,29)11(24,25)9(20,21)8(18,19)10(22,23)12(26,27)14(30,31)16(34,35)36/h1,3-4H2,2H3,(H,39,41). The summed E-state index contributed by atoms with van der Waals surface area (Å²) >= 11 is -2.48. The summed E-state index contributed by atoms with van der Waals surface area (Å²) in [6, 6.07) is 0. The Hall–Kier alpha value is -2.44. The van der Waals surface area contributed by atoms with E-state index in [4.69, 9.17) is 0 Å². The van der Waals surface area contributed by atoms with Gasteiger partial charge in [-0.3, -0.25) is 4.79 Å². The fourth-order valence-corrected chi connectivity index (χ4v) is 2.84. The van der Waals surface area contributed by atoms with Crippen molar-refractivity contribution >= 4 is 23.0 Å². The van der Waals surface area contributed by atoms with Crippen molar-refractivity contribution < 1.29 is 107 Å². The minimum atomic E-state index is -9.28. The second-order valence-electron chi connectivity index (χ2n) is 7.84. The summed E-state index contributed by atoms with van der Waals surface area (Å²) in [6.45, 7) is 1.90. The van der Waals surface area contributed by atoms with Crippen molar-refractivity contribution in [3.63, 3.8) is 0 Å². The van der Waals surface area contributed by atoms with E-state index in [9.17, 15) is 102 Å². The molecule has 0 rings (SSSR count). The van der Waals surface area contributed by atoms with Gasteiger partial charge in [0.25, 0.3) is 5.24 Å². The zero-order valence-electron chi connectivity index (χ0n) is 19.7. The summed E-state index contributed by atoms with van der Waals surface area (Å²) in [5.74, 6) is -72.6. The first-order valence-electron chi connectivity index (χ1n) is 9.74. The Morgan fingerprint density at radius 2 is 0.884 bits per heavy atom. The van der Waals surface area contributed by atoms with E-state index in [1.54, 1.807) is 0 Å². The second-order valence-corrected chi connectivity index (χ2v) is 8.93. The van der Waals surface area contributed by atoms with Gasteiger partial charge in [0, 0.05) is 17.3 Å². The number of carbonyl (C=O) groups is 2. The summed E-state index contributed by atoms with van der Waals surface area (Å²) < 4.78 is 283. The Bertz CT molecular complexity index is 1070. The molecule has 0 aromatic rings. The number of ether oxygens (including phenoxy) is 1. The van der Waals surface area contributed by atoms with E-state index in [2.05, 4.69) is 11.3 Å². The van der Waals surface area contributed by atoms with Crippen LogP contribution in [0.15, 0.2) is 12.2 Å². The van der Waals surface area contributed by atoms with Crippen LogP contribution in [0.2, 0.25) is 0 Å². The number of carbonyl (C=O) groups excluding carboxylic acids is 2. The molecule has 0 atom stereocenters. The monoisotopic (exact) mass is 707 g/mol. The Morgan fingerprint density at radius 3 is 1.19 bits per heavy atom. The Morgan fingerprint density at radius 1 is 0.581 bits per heavy atom. The minimum Gasteiger partial charge on any atom is -0.460 e. The number of amides is 1. The highest BCUT2D eigenvalue weighted by Gasteiger charge is 2.98. The highest BCUT2D eigenvalue weighted by molar-refractivity contribution is 8.14. The molecule has 0 bridgehead atoms. The SMILES string of the molecule is C=C(C)C(=O)OCCNC(=O)SC(F)(F)C(F)(F)C(F)(F)C(F)(F)C(F)(F)C(F)(F)C(F)(F)C(F)(F)C(F)(F)C(F)(F)F. The number of rotatable bonds is 13. The molecular weight excluding hydrogens is 697 g/mol. The van der Waals surface area contributed by atoms with Gasteiger partial charge in [-0.15, -0.1) is 0 Å². The maximum absolute atomic E-state index is 13.8. The fourth-order valence-electron chi connectivity index (χ4n) is 2.18. The predicted molar refractivity (Wildman–Crippen MR) is 97.3 cm³/mol. The summed E-state index contributed by atoms with van der Waals surface area (Å²) in [6.07, 6.45) is -8.06. The molecule has 0 aliphatic heterocycles. The zero-order valence-corrected chi connectivity index (χ0v) is 20.5. The first kappa shape index (κ1) is 40.6. The minimum absolute atomic E-state index is 0.312. The number of halogens is 21. The molecule has 254 valence electrons. The number of nitrogens with one attached hydrogen (secondary N) is 1. The molecule has 0 heterocycles. The average molecular weight is 707 g/mol. The predicted octanol–water partition coefficient (Wildman–Crippen LogP) is 7.79. The lowest BCUT2D eigenvalue weighted by Crippen LogP contribution is -2.76. The van der Waals surface area contributed by atoms with Crippen molar-refractivity contribution in [1.29, 1.82) is 0 Å². The van der Waals surface area contributed by atoms with E-state index in [1.165, 1.54) is 0 Å². The lowest BCUT2D eigenvalue weighted by Gasteiger charge is -2.44. The molecule has 0 aromatic heterocycles. The molecule has 0 spiro atoms. The third-order valence-corrected chi connectivity index (χ3v) is 5.50. The van der Waals surface area contributed by atoms with Gasteiger partial charge in [0.15, 0.2) is 0 Å². The summed E-state index contributed by atoms with van der Waals surface area (Å²) in [5.41, 5.74) is -0.312. The van der Waals surface area contributed by atoms with Gasteiger partial charge in [0.1, 0.15) is 6.61 Å². The van der Waals surface area contributed by atoms with E-state index < -0.39 is 94.9 Å². The third-order valence-electron chi connectivity index (χ3n) is 4.66. The lowest BCUT2D eigenvalue weighted by atomic mass is 9.87. The van der Waals surface area contributed by atoms with Gasteiger partial charge < -0.3 is 10.1 Å². The highest BCUT2D eigenvalue weighted by Crippen LogP contribution is 2.66. The average Bonchev–Trinajstić information content (AvgIpc) is 2.79. The second kappa shape index (κ2) is 11.5. The van der Waals surface area contributed by atoms with Gasteiger partial charge in [0.05, 0.1) is 6.54 Å². The van der Waals surface area contributed by atoms with Crippen LogP contribution in [0.4, 0.5) is 97.0 Å². The van der Waals surface area contributed by atoms with Gasteiger partial charge in [-0.1, -0.05) is 6.58 Å². The molecule has 0 saturated heterocycles. The quantitative estimate of drug-likeness (QED) is 0.0920. The van der Waals surface area contributed by atoms with Crippen molar-refractivity contribution in [3.05, 3.63) is 12.2 Å². The Balaban J connectivity index is 6.51. The van der Waals surface area contributed by atoms with Gasteiger partial charge in [0.2, 0.25) is 0 Å². The van der Waals surface area contributed by atoms with Crippen LogP contribution in [0.25, 0.3) is 0 Å². The molecular formula is C17H10F21NO3S. The summed E-state index contributed by atoms with van der Waals surface area (Å²) in [5, 5.41) is -8.73. The van der Waals surface area contributed by atoms with Gasteiger partial charge in [-0.05, 0) is 6.92 Å². The highest BCUT2D eigenvalue weighted by atomic mass is 32.2. The summed E-state index contributed by atoms with van der Waals surface area (Å²) in [7, 11) is 0. The zero-order chi connectivity index (χ0) is 35.3. The van der Waals surface area contributed by atoms with Crippen LogP contribution in [0.5, 0.6) is 0 Å². The molecule has 0 aliphatic carbocycles. The topological polar surface area (TPSA) is 55.4 Å².